The zero-order valence-electron chi connectivity index (χ0n) is 16.2. The average molecular weight is 395 g/mol. The number of rotatable bonds is 5. The second-order valence-corrected chi connectivity index (χ2v) is 8.57. The van der Waals surface area contributed by atoms with Crippen molar-refractivity contribution in [3.8, 4) is 0 Å². The number of hydrogen-bond acceptors (Lipinski definition) is 3. The first-order chi connectivity index (χ1) is 13.7. The van der Waals surface area contributed by atoms with Crippen molar-refractivity contribution in [2.45, 2.75) is 44.4 Å². The normalized spacial score (nSPS) is 20.0. The number of anilines is 2. The predicted octanol–water partition coefficient (Wildman–Crippen LogP) is 5.16. The molecule has 1 atom stereocenters. The van der Waals surface area contributed by atoms with Gasteiger partial charge in [-0.05, 0) is 48.6 Å². The van der Waals surface area contributed by atoms with Crippen molar-refractivity contribution in [3.63, 3.8) is 0 Å². The molecule has 2 aliphatic rings. The first-order valence-electron chi connectivity index (χ1n) is 10.1. The maximum Gasteiger partial charge on any atom is 0.238 e. The summed E-state index contributed by atoms with van der Waals surface area (Å²) in [7, 11) is 0. The molecule has 0 spiro atoms. The number of hydrogen-bond donors (Lipinski definition) is 1. The van der Waals surface area contributed by atoms with E-state index in [0.717, 1.165) is 49.0 Å². The third-order valence-corrected chi connectivity index (χ3v) is 6.90. The fourth-order valence-electron chi connectivity index (χ4n) is 4.14. The number of amides is 2. The van der Waals surface area contributed by atoms with E-state index < -0.39 is 0 Å². The molecule has 2 amide bonds. The lowest BCUT2D eigenvalue weighted by Crippen LogP contribution is -2.28. The van der Waals surface area contributed by atoms with Crippen LogP contribution < -0.4 is 10.2 Å². The first kappa shape index (κ1) is 19.1. The lowest BCUT2D eigenvalue weighted by atomic mass is 10.1. The molecule has 1 unspecified atom stereocenters. The van der Waals surface area contributed by atoms with Gasteiger partial charge in [0.2, 0.25) is 11.8 Å². The van der Waals surface area contributed by atoms with Crippen LogP contribution in [0.5, 0.6) is 0 Å². The Labute approximate surface area is 170 Å². The van der Waals surface area contributed by atoms with Crippen molar-refractivity contribution >= 4 is 35.0 Å². The molecule has 1 heterocycles. The van der Waals surface area contributed by atoms with Crippen LogP contribution in [0.15, 0.2) is 48.5 Å². The summed E-state index contributed by atoms with van der Waals surface area (Å²) < 4.78 is 0. The molecule has 28 heavy (non-hydrogen) atoms. The van der Waals surface area contributed by atoms with Crippen molar-refractivity contribution < 1.29 is 9.59 Å². The molecule has 1 saturated carbocycles. The van der Waals surface area contributed by atoms with Crippen LogP contribution >= 0.6 is 11.8 Å². The van der Waals surface area contributed by atoms with Crippen molar-refractivity contribution in [1.29, 1.82) is 0 Å². The third-order valence-electron chi connectivity index (χ3n) is 5.69. The summed E-state index contributed by atoms with van der Waals surface area (Å²) in [5, 5.41) is 3.02. The maximum atomic E-state index is 12.6. The summed E-state index contributed by atoms with van der Waals surface area (Å²) in [6.45, 7) is 2.11. The van der Waals surface area contributed by atoms with Gasteiger partial charge in [-0.15, -0.1) is 11.8 Å². The Morgan fingerprint density at radius 3 is 2.54 bits per heavy atom. The number of aryl methyl sites for hydroxylation is 1. The summed E-state index contributed by atoms with van der Waals surface area (Å²) in [6.07, 6.45) is 5.19. The molecule has 1 aliphatic heterocycles. The van der Waals surface area contributed by atoms with Crippen LogP contribution in [0, 0.1) is 5.92 Å². The maximum absolute atomic E-state index is 12.6. The van der Waals surface area contributed by atoms with E-state index in [1.165, 1.54) is 5.56 Å². The van der Waals surface area contributed by atoms with Gasteiger partial charge in [-0.2, -0.15) is 0 Å². The molecule has 2 aromatic rings. The molecule has 4 rings (SSSR count). The minimum absolute atomic E-state index is 0.0280. The number of thioether (sulfide) groups is 1. The predicted molar refractivity (Wildman–Crippen MR) is 116 cm³/mol. The molecule has 1 N–H and O–H groups in total. The van der Waals surface area contributed by atoms with Gasteiger partial charge in [-0.25, -0.2) is 0 Å². The molecule has 0 bridgehead atoms. The lowest BCUT2D eigenvalue weighted by Gasteiger charge is -2.26. The average Bonchev–Trinajstić information content (AvgIpc) is 3.39. The molecule has 0 aromatic heterocycles. The molecule has 146 valence electrons. The SMILES string of the molecule is CCc1ccccc1N1C(=O)CSC1c1ccc(NC(=O)C2CCCC2)cc1. The molecule has 5 heteroatoms. The van der Waals surface area contributed by atoms with Crippen LogP contribution in [0.2, 0.25) is 0 Å². The number of benzene rings is 2. The van der Waals surface area contributed by atoms with E-state index in [0.29, 0.717) is 5.75 Å². The molecular weight excluding hydrogens is 368 g/mol. The van der Waals surface area contributed by atoms with Crippen LogP contribution in [0.4, 0.5) is 11.4 Å². The van der Waals surface area contributed by atoms with Gasteiger partial charge in [0.1, 0.15) is 5.37 Å². The number of para-hydroxylation sites is 1. The fourth-order valence-corrected chi connectivity index (χ4v) is 5.31. The topological polar surface area (TPSA) is 49.4 Å². The Bertz CT molecular complexity index is 859. The van der Waals surface area contributed by atoms with Gasteiger partial charge in [-0.1, -0.05) is 50.1 Å². The third kappa shape index (κ3) is 3.81. The van der Waals surface area contributed by atoms with Gasteiger partial charge in [-0.3, -0.25) is 14.5 Å². The van der Waals surface area contributed by atoms with Crippen molar-refractivity contribution in [2.75, 3.05) is 16.0 Å². The molecule has 2 fully saturated rings. The van der Waals surface area contributed by atoms with Gasteiger partial charge in [0.25, 0.3) is 0 Å². The zero-order chi connectivity index (χ0) is 19.5. The van der Waals surface area contributed by atoms with Crippen molar-refractivity contribution in [1.82, 2.24) is 0 Å². The fraction of sp³-hybridized carbons (Fsp3) is 0.391. The standard InChI is InChI=1S/C23H26N2O2S/c1-2-16-7-5-6-10-20(16)25-21(26)15-28-23(25)18-11-13-19(14-12-18)24-22(27)17-8-3-4-9-17/h5-7,10-14,17,23H,2-4,8-9,15H2,1H3,(H,24,27). The molecule has 0 radical (unpaired) electrons. The monoisotopic (exact) mass is 394 g/mol. The minimum atomic E-state index is -0.0280. The van der Waals surface area contributed by atoms with Crippen molar-refractivity contribution in [2.24, 2.45) is 5.92 Å². The van der Waals surface area contributed by atoms with Gasteiger partial charge in [0.05, 0.1) is 5.75 Å². The Kier molecular flexibility index (Phi) is 5.72. The van der Waals surface area contributed by atoms with Crippen LogP contribution in [-0.4, -0.2) is 17.6 Å². The van der Waals surface area contributed by atoms with Gasteiger partial charge in [0.15, 0.2) is 0 Å². The Morgan fingerprint density at radius 1 is 1.11 bits per heavy atom. The summed E-state index contributed by atoms with van der Waals surface area (Å²) in [4.78, 5) is 26.9. The summed E-state index contributed by atoms with van der Waals surface area (Å²) in [5.74, 6) is 0.926. The number of nitrogens with one attached hydrogen (secondary N) is 1. The van der Waals surface area contributed by atoms with Crippen molar-refractivity contribution in [3.05, 3.63) is 59.7 Å². The second kappa shape index (κ2) is 8.39. The molecule has 1 aliphatic carbocycles. The van der Waals surface area contributed by atoms with E-state index >= 15 is 0 Å². The van der Waals surface area contributed by atoms with E-state index in [2.05, 4.69) is 18.3 Å². The van der Waals surface area contributed by atoms with Crippen LogP contribution in [0.25, 0.3) is 0 Å². The van der Waals surface area contributed by atoms with Crippen LogP contribution in [0.1, 0.15) is 49.1 Å². The summed E-state index contributed by atoms with van der Waals surface area (Å²) in [5.41, 5.74) is 4.10. The van der Waals surface area contributed by atoms with Crippen LogP contribution in [-0.2, 0) is 16.0 Å². The number of carbonyl (C=O) groups excluding carboxylic acids is 2. The first-order valence-corrected chi connectivity index (χ1v) is 11.1. The van der Waals surface area contributed by atoms with Gasteiger partial charge < -0.3 is 5.32 Å². The Balaban J connectivity index is 1.52. The molecule has 1 saturated heterocycles. The summed E-state index contributed by atoms with van der Waals surface area (Å²) in [6, 6.07) is 16.1. The van der Waals surface area contributed by atoms with Gasteiger partial charge >= 0.3 is 0 Å². The molecule has 4 nitrogen and oxygen atoms in total. The Hall–Kier alpha value is -2.27. The molecule has 2 aromatic carbocycles. The highest BCUT2D eigenvalue weighted by Crippen LogP contribution is 2.43. The van der Waals surface area contributed by atoms with Crippen LogP contribution in [0.3, 0.4) is 0 Å². The minimum Gasteiger partial charge on any atom is -0.326 e. The zero-order valence-corrected chi connectivity index (χ0v) is 17.0. The largest absolute Gasteiger partial charge is 0.326 e. The van der Waals surface area contributed by atoms with E-state index in [1.54, 1.807) is 11.8 Å². The number of carbonyl (C=O) groups is 2. The van der Waals surface area contributed by atoms with E-state index in [4.69, 9.17) is 0 Å². The second-order valence-electron chi connectivity index (χ2n) is 7.50. The van der Waals surface area contributed by atoms with E-state index in [9.17, 15) is 9.59 Å². The highest BCUT2D eigenvalue weighted by Gasteiger charge is 2.35. The lowest BCUT2D eigenvalue weighted by molar-refractivity contribution is -0.119. The quantitative estimate of drug-likeness (QED) is 0.762. The van der Waals surface area contributed by atoms with Gasteiger partial charge in [0, 0.05) is 17.3 Å². The number of nitrogens with zero attached hydrogens (tertiary/aromatic N) is 1. The summed E-state index contributed by atoms with van der Waals surface area (Å²) >= 11 is 1.65. The highest BCUT2D eigenvalue weighted by atomic mass is 32.2. The highest BCUT2D eigenvalue weighted by molar-refractivity contribution is 8.00. The van der Waals surface area contributed by atoms with E-state index in [1.807, 2.05) is 47.4 Å². The Morgan fingerprint density at radius 2 is 1.82 bits per heavy atom. The smallest absolute Gasteiger partial charge is 0.238 e. The molecular formula is C23H26N2O2S. The van der Waals surface area contributed by atoms with E-state index in [-0.39, 0.29) is 23.1 Å².